The van der Waals surface area contributed by atoms with Crippen molar-refractivity contribution in [3.05, 3.63) is 41.5 Å². The molecule has 0 aromatic heterocycles. The van der Waals surface area contributed by atoms with Gasteiger partial charge in [0, 0.05) is 22.4 Å². The van der Waals surface area contributed by atoms with Crippen LogP contribution in [0.15, 0.2) is 29.8 Å². The second-order valence-corrected chi connectivity index (χ2v) is 3.03. The van der Waals surface area contributed by atoms with E-state index in [1.165, 1.54) is 0 Å². The average molecular weight is 171 g/mol. The van der Waals surface area contributed by atoms with E-state index in [2.05, 4.69) is 11.6 Å². The molecule has 1 aliphatic heterocycles. The average Bonchev–Trinajstić information content (AvgIpc) is 2.43. The third-order valence-electron chi connectivity index (χ3n) is 2.20. The van der Waals surface area contributed by atoms with Crippen molar-refractivity contribution < 1.29 is 4.79 Å². The molecule has 0 saturated carbocycles. The highest BCUT2D eigenvalue weighted by atomic mass is 16.1. The molecule has 64 valence electrons. The van der Waals surface area contributed by atoms with Gasteiger partial charge in [-0.25, -0.2) is 0 Å². The highest BCUT2D eigenvalue weighted by Crippen LogP contribution is 2.29. The van der Waals surface area contributed by atoms with Crippen LogP contribution in [0.4, 0.5) is 0 Å². The molecule has 1 aliphatic rings. The van der Waals surface area contributed by atoms with Crippen LogP contribution in [-0.4, -0.2) is 12.0 Å². The number of fused-ring (bicyclic) bond motifs is 1. The number of benzene rings is 1. The lowest BCUT2D eigenvalue weighted by molar-refractivity contribution is 0.112. The van der Waals surface area contributed by atoms with Crippen molar-refractivity contribution in [2.24, 2.45) is 4.99 Å². The zero-order valence-electron chi connectivity index (χ0n) is 7.37. The van der Waals surface area contributed by atoms with Crippen LogP contribution in [0.5, 0.6) is 0 Å². The predicted octanol–water partition coefficient (Wildman–Crippen LogP) is 2.29. The fraction of sp³-hybridized carbons (Fsp3) is 0.0909. The van der Waals surface area contributed by atoms with Crippen molar-refractivity contribution in [1.29, 1.82) is 0 Å². The quantitative estimate of drug-likeness (QED) is 0.596. The number of hydrogen-bond acceptors (Lipinski definition) is 2. The zero-order valence-corrected chi connectivity index (χ0v) is 7.37. The van der Waals surface area contributed by atoms with Crippen molar-refractivity contribution in [3.8, 4) is 0 Å². The van der Waals surface area contributed by atoms with Gasteiger partial charge in [0.1, 0.15) is 0 Å². The minimum atomic E-state index is 0.670. The molecule has 1 aromatic rings. The van der Waals surface area contributed by atoms with E-state index in [0.29, 0.717) is 11.3 Å². The highest BCUT2D eigenvalue weighted by molar-refractivity contribution is 6.12. The Labute approximate surface area is 76.6 Å². The third-order valence-corrected chi connectivity index (χ3v) is 2.20. The summed E-state index contributed by atoms with van der Waals surface area (Å²) in [5.41, 5.74) is 4.20. The Kier molecular flexibility index (Phi) is 1.62. The van der Waals surface area contributed by atoms with Gasteiger partial charge in [0.25, 0.3) is 0 Å². The van der Waals surface area contributed by atoms with Crippen LogP contribution in [0, 0.1) is 0 Å². The van der Waals surface area contributed by atoms with Crippen molar-refractivity contribution in [2.75, 3.05) is 0 Å². The van der Waals surface area contributed by atoms with Crippen LogP contribution in [0.3, 0.4) is 0 Å². The molecule has 2 rings (SSSR count). The van der Waals surface area contributed by atoms with Gasteiger partial charge in [-0.2, -0.15) is 0 Å². The summed E-state index contributed by atoms with van der Waals surface area (Å²) in [5.74, 6) is 0. The van der Waals surface area contributed by atoms with E-state index < -0.39 is 0 Å². The van der Waals surface area contributed by atoms with Crippen LogP contribution in [0.2, 0.25) is 0 Å². The number of aldehydes is 1. The van der Waals surface area contributed by atoms with Gasteiger partial charge in [-0.3, -0.25) is 9.79 Å². The monoisotopic (exact) mass is 171 g/mol. The fourth-order valence-corrected chi connectivity index (χ4v) is 1.61. The normalized spacial score (nSPS) is 13.9. The topological polar surface area (TPSA) is 29.4 Å². The van der Waals surface area contributed by atoms with Gasteiger partial charge in [-0.15, -0.1) is 0 Å². The first-order chi connectivity index (χ1) is 6.24. The predicted molar refractivity (Wildman–Crippen MR) is 53.1 cm³/mol. The van der Waals surface area contributed by atoms with Crippen LogP contribution in [0.1, 0.15) is 28.4 Å². The van der Waals surface area contributed by atoms with E-state index in [0.717, 1.165) is 23.1 Å². The summed E-state index contributed by atoms with van der Waals surface area (Å²) < 4.78 is 0. The summed E-state index contributed by atoms with van der Waals surface area (Å²) >= 11 is 0. The molecule has 0 radical (unpaired) electrons. The first kappa shape index (κ1) is 7.92. The molecule has 1 aromatic carbocycles. The number of hydrogen-bond donors (Lipinski definition) is 0. The maximum absolute atomic E-state index is 10.7. The zero-order chi connectivity index (χ0) is 9.42. The minimum Gasteiger partial charge on any atom is -0.298 e. The minimum absolute atomic E-state index is 0.670. The first-order valence-corrected chi connectivity index (χ1v) is 4.07. The van der Waals surface area contributed by atoms with E-state index >= 15 is 0 Å². The van der Waals surface area contributed by atoms with Crippen molar-refractivity contribution in [1.82, 2.24) is 0 Å². The van der Waals surface area contributed by atoms with E-state index in [-0.39, 0.29) is 0 Å². The Morgan fingerprint density at radius 3 is 2.92 bits per heavy atom. The van der Waals surface area contributed by atoms with E-state index in [1.54, 1.807) is 6.07 Å². The Morgan fingerprint density at radius 2 is 2.23 bits per heavy atom. The van der Waals surface area contributed by atoms with Gasteiger partial charge in [-0.05, 0) is 6.92 Å². The molecular weight excluding hydrogens is 162 g/mol. The highest BCUT2D eigenvalue weighted by Gasteiger charge is 2.18. The van der Waals surface area contributed by atoms with Crippen molar-refractivity contribution >= 4 is 17.7 Å². The molecule has 0 N–H and O–H groups in total. The smallest absolute Gasteiger partial charge is 0.150 e. The summed E-state index contributed by atoms with van der Waals surface area (Å²) in [6, 6.07) is 5.60. The maximum atomic E-state index is 10.7. The standard InChI is InChI=1S/C11H9NO/c1-7-10-5-3-4-9(6-13)11(10)8(2)12-7/h3-6H,2H2,1H3. The van der Waals surface area contributed by atoms with Crippen LogP contribution >= 0.6 is 0 Å². The largest absolute Gasteiger partial charge is 0.298 e. The number of carbonyl (C=O) groups is 1. The lowest BCUT2D eigenvalue weighted by Gasteiger charge is -2.01. The van der Waals surface area contributed by atoms with E-state index in [9.17, 15) is 4.79 Å². The Morgan fingerprint density at radius 1 is 1.46 bits per heavy atom. The summed E-state index contributed by atoms with van der Waals surface area (Å²) in [5, 5.41) is 0. The van der Waals surface area contributed by atoms with Gasteiger partial charge in [0.2, 0.25) is 0 Å². The Balaban J connectivity index is 2.75. The second kappa shape index (κ2) is 2.66. The molecule has 0 amide bonds. The van der Waals surface area contributed by atoms with Gasteiger partial charge < -0.3 is 0 Å². The summed E-state index contributed by atoms with van der Waals surface area (Å²) in [6.07, 6.45) is 0.845. The molecule has 0 atom stereocenters. The maximum Gasteiger partial charge on any atom is 0.150 e. The number of rotatable bonds is 1. The van der Waals surface area contributed by atoms with E-state index in [1.807, 2.05) is 19.1 Å². The number of carbonyl (C=O) groups excluding carboxylic acids is 1. The summed E-state index contributed by atoms with van der Waals surface area (Å²) in [6.45, 7) is 5.73. The molecule has 0 bridgehead atoms. The Hall–Kier alpha value is -1.70. The van der Waals surface area contributed by atoms with Crippen LogP contribution < -0.4 is 0 Å². The van der Waals surface area contributed by atoms with E-state index in [4.69, 9.17) is 0 Å². The molecule has 2 heteroatoms. The lowest BCUT2D eigenvalue weighted by atomic mass is 10.00. The van der Waals surface area contributed by atoms with Crippen molar-refractivity contribution in [2.45, 2.75) is 6.92 Å². The molecule has 1 heterocycles. The van der Waals surface area contributed by atoms with Gasteiger partial charge in [-0.1, -0.05) is 24.8 Å². The van der Waals surface area contributed by atoms with Gasteiger partial charge in [0.05, 0.1) is 5.70 Å². The second-order valence-electron chi connectivity index (χ2n) is 3.03. The van der Waals surface area contributed by atoms with Crippen molar-refractivity contribution in [3.63, 3.8) is 0 Å². The SMILES string of the molecule is C=C1N=C(C)c2cccc(C=O)c21. The molecule has 0 fully saturated rings. The summed E-state index contributed by atoms with van der Waals surface area (Å²) in [4.78, 5) is 15.0. The van der Waals surface area contributed by atoms with Crippen LogP contribution in [0.25, 0.3) is 5.70 Å². The summed E-state index contributed by atoms with van der Waals surface area (Å²) in [7, 11) is 0. The van der Waals surface area contributed by atoms with Gasteiger partial charge >= 0.3 is 0 Å². The number of nitrogens with zero attached hydrogens (tertiary/aromatic N) is 1. The molecule has 0 aliphatic carbocycles. The molecular formula is C11H9NO. The lowest BCUT2D eigenvalue weighted by Crippen LogP contribution is -1.95. The number of aliphatic imine (C=N–C) groups is 1. The first-order valence-electron chi connectivity index (χ1n) is 4.07. The molecule has 2 nitrogen and oxygen atoms in total. The molecule has 0 saturated heterocycles. The molecule has 13 heavy (non-hydrogen) atoms. The fourth-order valence-electron chi connectivity index (χ4n) is 1.61. The van der Waals surface area contributed by atoms with Crippen LogP contribution in [-0.2, 0) is 0 Å². The van der Waals surface area contributed by atoms with Gasteiger partial charge in [0.15, 0.2) is 6.29 Å². The molecule has 0 unspecified atom stereocenters. The third kappa shape index (κ3) is 1.03. The Bertz CT molecular complexity index is 430. The molecule has 0 spiro atoms.